The zero-order valence-corrected chi connectivity index (χ0v) is 9.55. The molecule has 3 heteroatoms. The van der Waals surface area contributed by atoms with Gasteiger partial charge in [0.1, 0.15) is 0 Å². The van der Waals surface area contributed by atoms with Crippen molar-refractivity contribution >= 4 is 16.7 Å². The van der Waals surface area contributed by atoms with E-state index in [2.05, 4.69) is 0 Å². The minimum Gasteiger partial charge on any atom is -0.479 e. The largest absolute Gasteiger partial charge is 0.479 e. The Kier molecular flexibility index (Phi) is 2.86. The van der Waals surface area contributed by atoms with Crippen LogP contribution in [0.5, 0.6) is 0 Å². The van der Waals surface area contributed by atoms with Crippen LogP contribution in [0.3, 0.4) is 0 Å². The van der Waals surface area contributed by atoms with Crippen molar-refractivity contribution in [3.63, 3.8) is 0 Å². The van der Waals surface area contributed by atoms with Gasteiger partial charge in [-0.2, -0.15) is 0 Å². The molecule has 0 aliphatic carbocycles. The first-order valence-electron chi connectivity index (χ1n) is 5.53. The summed E-state index contributed by atoms with van der Waals surface area (Å²) in [5.74, 6) is -1.21. The van der Waals surface area contributed by atoms with Gasteiger partial charge >= 0.3 is 5.97 Å². The molecule has 2 N–H and O–H groups in total. The molecule has 2 aromatic carbocycles. The molecule has 0 radical (unpaired) electrons. The van der Waals surface area contributed by atoms with E-state index in [-0.39, 0.29) is 6.42 Å². The topological polar surface area (TPSA) is 57.5 Å². The van der Waals surface area contributed by atoms with Crippen LogP contribution in [0.4, 0.5) is 0 Å². The number of fused-ring (bicyclic) bond motifs is 1. The number of benzene rings is 2. The Balaban J connectivity index is 2.74. The zero-order chi connectivity index (χ0) is 12.5. The highest BCUT2D eigenvalue weighted by molar-refractivity contribution is 5.92. The van der Waals surface area contributed by atoms with Gasteiger partial charge in [-0.1, -0.05) is 49.4 Å². The van der Waals surface area contributed by atoms with E-state index in [4.69, 9.17) is 0 Å². The Hall–Kier alpha value is -1.87. The van der Waals surface area contributed by atoms with E-state index >= 15 is 0 Å². The highest BCUT2D eigenvalue weighted by atomic mass is 16.4. The summed E-state index contributed by atoms with van der Waals surface area (Å²) in [5.41, 5.74) is -1.37. The van der Waals surface area contributed by atoms with Crippen LogP contribution in [0.1, 0.15) is 18.9 Å². The molecule has 2 aromatic rings. The zero-order valence-electron chi connectivity index (χ0n) is 9.55. The molecule has 1 atom stereocenters. The van der Waals surface area contributed by atoms with Crippen molar-refractivity contribution < 1.29 is 15.0 Å². The summed E-state index contributed by atoms with van der Waals surface area (Å²) < 4.78 is 0. The molecule has 0 fully saturated rings. The van der Waals surface area contributed by atoms with Gasteiger partial charge in [0.15, 0.2) is 5.60 Å². The molecular formula is C14H14O3. The molecule has 0 saturated carbocycles. The fourth-order valence-electron chi connectivity index (χ4n) is 2.04. The molecule has 0 bridgehead atoms. The Morgan fingerprint density at radius 1 is 1.18 bits per heavy atom. The van der Waals surface area contributed by atoms with Crippen molar-refractivity contribution in [2.45, 2.75) is 18.9 Å². The van der Waals surface area contributed by atoms with E-state index in [1.807, 2.05) is 30.3 Å². The molecule has 0 saturated heterocycles. The molecule has 88 valence electrons. The van der Waals surface area contributed by atoms with Gasteiger partial charge in [-0.3, -0.25) is 0 Å². The molecule has 0 spiro atoms. The second kappa shape index (κ2) is 4.18. The van der Waals surface area contributed by atoms with E-state index in [0.717, 1.165) is 10.8 Å². The van der Waals surface area contributed by atoms with Crippen molar-refractivity contribution in [2.75, 3.05) is 0 Å². The SMILES string of the molecule is CC[C@@](O)(C(=O)O)c1cccc2ccccc12. The molecule has 0 aromatic heterocycles. The average molecular weight is 230 g/mol. The Morgan fingerprint density at radius 2 is 1.82 bits per heavy atom. The van der Waals surface area contributed by atoms with Crippen LogP contribution in [0, 0.1) is 0 Å². The first-order chi connectivity index (χ1) is 8.09. The lowest BCUT2D eigenvalue weighted by atomic mass is 9.87. The van der Waals surface area contributed by atoms with Crippen LogP contribution >= 0.6 is 0 Å². The first-order valence-corrected chi connectivity index (χ1v) is 5.53. The third-order valence-electron chi connectivity index (χ3n) is 3.10. The highest BCUT2D eigenvalue weighted by Crippen LogP contribution is 2.31. The second-order valence-electron chi connectivity index (χ2n) is 4.05. The van der Waals surface area contributed by atoms with Crippen LogP contribution < -0.4 is 0 Å². The smallest absolute Gasteiger partial charge is 0.340 e. The van der Waals surface area contributed by atoms with E-state index in [1.54, 1.807) is 19.1 Å². The first kappa shape index (κ1) is 11.6. The van der Waals surface area contributed by atoms with Gasteiger partial charge in [0, 0.05) is 5.56 Å². The van der Waals surface area contributed by atoms with E-state index in [0.29, 0.717) is 5.56 Å². The minimum absolute atomic E-state index is 0.135. The molecule has 0 unspecified atom stereocenters. The predicted molar refractivity (Wildman–Crippen MR) is 65.8 cm³/mol. The minimum atomic E-state index is -1.82. The monoisotopic (exact) mass is 230 g/mol. The van der Waals surface area contributed by atoms with Gasteiger partial charge in [-0.05, 0) is 17.2 Å². The summed E-state index contributed by atoms with van der Waals surface area (Å²) in [5, 5.41) is 21.2. The van der Waals surface area contributed by atoms with E-state index in [1.165, 1.54) is 0 Å². The van der Waals surface area contributed by atoms with Crippen molar-refractivity contribution in [3.8, 4) is 0 Å². The van der Waals surface area contributed by atoms with Crippen LogP contribution in [-0.2, 0) is 10.4 Å². The molecule has 0 aliphatic heterocycles. The number of carbonyl (C=O) groups is 1. The van der Waals surface area contributed by atoms with Gasteiger partial charge in [-0.25, -0.2) is 4.79 Å². The summed E-state index contributed by atoms with van der Waals surface area (Å²) in [7, 11) is 0. The number of rotatable bonds is 3. The van der Waals surface area contributed by atoms with Gasteiger partial charge in [-0.15, -0.1) is 0 Å². The maximum Gasteiger partial charge on any atom is 0.340 e. The third kappa shape index (κ3) is 1.78. The quantitative estimate of drug-likeness (QED) is 0.851. The predicted octanol–water partition coefficient (Wildman–Crippen LogP) is 2.52. The highest BCUT2D eigenvalue weighted by Gasteiger charge is 2.37. The Morgan fingerprint density at radius 3 is 2.47 bits per heavy atom. The van der Waals surface area contributed by atoms with Crippen molar-refractivity contribution in [1.29, 1.82) is 0 Å². The Labute approximate surface area is 99.3 Å². The number of aliphatic hydroxyl groups is 1. The summed E-state index contributed by atoms with van der Waals surface area (Å²) in [6.45, 7) is 1.66. The number of hydrogen-bond acceptors (Lipinski definition) is 2. The summed E-state index contributed by atoms with van der Waals surface area (Å²) in [4.78, 5) is 11.2. The van der Waals surface area contributed by atoms with E-state index in [9.17, 15) is 15.0 Å². The molecule has 2 rings (SSSR count). The molecule has 17 heavy (non-hydrogen) atoms. The molecule has 0 aliphatic rings. The maximum absolute atomic E-state index is 11.2. The van der Waals surface area contributed by atoms with Crippen molar-refractivity contribution in [2.24, 2.45) is 0 Å². The standard InChI is InChI=1S/C14H14O3/c1-2-14(17,13(15)16)12-9-5-7-10-6-3-4-8-11(10)12/h3-9,17H,2H2,1H3,(H,15,16)/t14-/m0/s1. The summed E-state index contributed by atoms with van der Waals surface area (Å²) >= 11 is 0. The summed E-state index contributed by atoms with van der Waals surface area (Å²) in [6.07, 6.45) is 0.135. The average Bonchev–Trinajstić information content (AvgIpc) is 2.37. The van der Waals surface area contributed by atoms with Crippen LogP contribution in [0.2, 0.25) is 0 Å². The van der Waals surface area contributed by atoms with Crippen LogP contribution in [0.25, 0.3) is 10.8 Å². The fraction of sp³-hybridized carbons (Fsp3) is 0.214. The second-order valence-corrected chi connectivity index (χ2v) is 4.05. The molecular weight excluding hydrogens is 216 g/mol. The Bertz CT molecular complexity index is 557. The molecule has 3 nitrogen and oxygen atoms in total. The molecule has 0 amide bonds. The number of carboxylic acids is 1. The third-order valence-corrected chi connectivity index (χ3v) is 3.10. The van der Waals surface area contributed by atoms with E-state index < -0.39 is 11.6 Å². The lowest BCUT2D eigenvalue weighted by molar-refractivity contribution is -0.159. The van der Waals surface area contributed by atoms with Gasteiger partial charge in [0.2, 0.25) is 0 Å². The maximum atomic E-state index is 11.2. The number of carboxylic acid groups (broad SMARTS) is 1. The number of hydrogen-bond donors (Lipinski definition) is 2. The van der Waals surface area contributed by atoms with Gasteiger partial charge < -0.3 is 10.2 Å². The lowest BCUT2D eigenvalue weighted by Crippen LogP contribution is -2.34. The fourth-order valence-corrected chi connectivity index (χ4v) is 2.04. The van der Waals surface area contributed by atoms with Gasteiger partial charge in [0.25, 0.3) is 0 Å². The van der Waals surface area contributed by atoms with Crippen molar-refractivity contribution in [1.82, 2.24) is 0 Å². The van der Waals surface area contributed by atoms with Crippen LogP contribution in [-0.4, -0.2) is 16.2 Å². The van der Waals surface area contributed by atoms with Crippen molar-refractivity contribution in [3.05, 3.63) is 48.0 Å². The summed E-state index contributed by atoms with van der Waals surface area (Å²) in [6, 6.07) is 12.8. The lowest BCUT2D eigenvalue weighted by Gasteiger charge is -2.23. The van der Waals surface area contributed by atoms with Gasteiger partial charge in [0.05, 0.1) is 0 Å². The van der Waals surface area contributed by atoms with Crippen LogP contribution in [0.15, 0.2) is 42.5 Å². The number of aliphatic carboxylic acids is 1. The molecule has 0 heterocycles. The normalized spacial score (nSPS) is 14.5.